The Kier molecular flexibility index (Phi) is 5.96. The molecule has 0 aliphatic carbocycles. The second kappa shape index (κ2) is 8.58. The van der Waals surface area contributed by atoms with Crippen LogP contribution in [0.25, 0.3) is 0 Å². The SMILES string of the molecule is COc1ccc(OC)c(CCC(=O)Nc2ccccc2N2CCCC2=O)c1. The molecular weight excluding hydrogens is 344 g/mol. The van der Waals surface area contributed by atoms with E-state index in [9.17, 15) is 9.59 Å². The summed E-state index contributed by atoms with van der Waals surface area (Å²) >= 11 is 0. The molecule has 0 saturated carbocycles. The largest absolute Gasteiger partial charge is 0.497 e. The quantitative estimate of drug-likeness (QED) is 0.813. The Balaban J connectivity index is 1.68. The first-order valence-electron chi connectivity index (χ1n) is 9.02. The Bertz CT molecular complexity index is 835. The molecule has 1 heterocycles. The van der Waals surface area contributed by atoms with Crippen molar-refractivity contribution >= 4 is 23.2 Å². The monoisotopic (exact) mass is 368 g/mol. The van der Waals surface area contributed by atoms with Gasteiger partial charge in [-0.15, -0.1) is 0 Å². The fourth-order valence-corrected chi connectivity index (χ4v) is 3.26. The van der Waals surface area contributed by atoms with Crippen LogP contribution in [0, 0.1) is 0 Å². The van der Waals surface area contributed by atoms with Gasteiger partial charge in [0.05, 0.1) is 25.6 Å². The molecule has 0 radical (unpaired) electrons. The molecule has 1 aliphatic heterocycles. The van der Waals surface area contributed by atoms with Gasteiger partial charge < -0.3 is 19.7 Å². The molecule has 6 heteroatoms. The van der Waals surface area contributed by atoms with Gasteiger partial charge in [0.1, 0.15) is 11.5 Å². The van der Waals surface area contributed by atoms with Crippen molar-refractivity contribution in [2.75, 3.05) is 31.0 Å². The number of aryl methyl sites for hydroxylation is 1. The number of nitrogens with one attached hydrogen (secondary N) is 1. The summed E-state index contributed by atoms with van der Waals surface area (Å²) in [6, 6.07) is 13.0. The molecule has 2 amide bonds. The lowest BCUT2D eigenvalue weighted by atomic mass is 10.1. The van der Waals surface area contributed by atoms with E-state index in [0.29, 0.717) is 31.5 Å². The van der Waals surface area contributed by atoms with Crippen LogP contribution in [0.15, 0.2) is 42.5 Å². The van der Waals surface area contributed by atoms with Gasteiger partial charge in [-0.3, -0.25) is 9.59 Å². The molecule has 6 nitrogen and oxygen atoms in total. The summed E-state index contributed by atoms with van der Waals surface area (Å²) in [5.41, 5.74) is 2.33. The number of ether oxygens (including phenoxy) is 2. The van der Waals surface area contributed by atoms with Gasteiger partial charge in [-0.05, 0) is 48.7 Å². The maximum atomic E-state index is 12.5. The molecule has 0 atom stereocenters. The number of methoxy groups -OCH3 is 2. The van der Waals surface area contributed by atoms with E-state index in [4.69, 9.17) is 9.47 Å². The Morgan fingerprint density at radius 1 is 1.15 bits per heavy atom. The average Bonchev–Trinajstić information content (AvgIpc) is 3.12. The topological polar surface area (TPSA) is 67.9 Å². The number of carbonyl (C=O) groups excluding carboxylic acids is 2. The summed E-state index contributed by atoms with van der Waals surface area (Å²) < 4.78 is 10.6. The zero-order valence-corrected chi connectivity index (χ0v) is 15.7. The van der Waals surface area contributed by atoms with Crippen LogP contribution in [0.2, 0.25) is 0 Å². The van der Waals surface area contributed by atoms with E-state index in [0.717, 1.165) is 29.2 Å². The highest BCUT2D eigenvalue weighted by Crippen LogP contribution is 2.30. The predicted octanol–water partition coefficient (Wildman–Crippen LogP) is 3.40. The molecule has 0 unspecified atom stereocenters. The summed E-state index contributed by atoms with van der Waals surface area (Å²) in [4.78, 5) is 26.3. The summed E-state index contributed by atoms with van der Waals surface area (Å²) in [6.07, 6.45) is 2.22. The second-order valence-corrected chi connectivity index (χ2v) is 6.39. The van der Waals surface area contributed by atoms with Crippen LogP contribution in [0.1, 0.15) is 24.8 Å². The molecule has 1 aliphatic rings. The zero-order chi connectivity index (χ0) is 19.2. The molecule has 3 rings (SSSR count). The van der Waals surface area contributed by atoms with Crippen LogP contribution in [0.4, 0.5) is 11.4 Å². The fourth-order valence-electron chi connectivity index (χ4n) is 3.26. The van der Waals surface area contributed by atoms with Crippen molar-refractivity contribution in [3.8, 4) is 11.5 Å². The maximum Gasteiger partial charge on any atom is 0.227 e. The lowest BCUT2D eigenvalue weighted by molar-refractivity contribution is -0.117. The van der Waals surface area contributed by atoms with E-state index in [1.807, 2.05) is 42.5 Å². The van der Waals surface area contributed by atoms with Crippen molar-refractivity contribution in [3.63, 3.8) is 0 Å². The molecular formula is C21H24N2O4. The minimum Gasteiger partial charge on any atom is -0.497 e. The van der Waals surface area contributed by atoms with Crippen molar-refractivity contribution in [2.24, 2.45) is 0 Å². The van der Waals surface area contributed by atoms with Gasteiger partial charge in [0.2, 0.25) is 11.8 Å². The van der Waals surface area contributed by atoms with Gasteiger partial charge in [0.25, 0.3) is 0 Å². The lowest BCUT2D eigenvalue weighted by Gasteiger charge is -2.20. The smallest absolute Gasteiger partial charge is 0.227 e. The first-order valence-corrected chi connectivity index (χ1v) is 9.02. The molecule has 27 heavy (non-hydrogen) atoms. The standard InChI is InChI=1S/C21H24N2O4/c1-26-16-10-11-19(27-2)15(14-16)9-12-20(24)22-17-6-3-4-7-18(17)23-13-5-8-21(23)25/h3-4,6-7,10-11,14H,5,8-9,12-13H2,1-2H3,(H,22,24). The number of rotatable bonds is 7. The molecule has 1 fully saturated rings. The van der Waals surface area contributed by atoms with Crippen molar-refractivity contribution < 1.29 is 19.1 Å². The minimum absolute atomic E-state index is 0.0952. The van der Waals surface area contributed by atoms with Gasteiger partial charge in [-0.2, -0.15) is 0 Å². The molecule has 1 saturated heterocycles. The molecule has 2 aromatic carbocycles. The Labute approximate surface area is 159 Å². The van der Waals surface area contributed by atoms with Crippen LogP contribution in [0.5, 0.6) is 11.5 Å². The van der Waals surface area contributed by atoms with E-state index in [1.165, 1.54) is 0 Å². The van der Waals surface area contributed by atoms with Crippen LogP contribution in [-0.4, -0.2) is 32.6 Å². The molecule has 0 aromatic heterocycles. The molecule has 0 spiro atoms. The first-order chi connectivity index (χ1) is 13.1. The number of nitrogens with zero attached hydrogens (tertiary/aromatic N) is 1. The van der Waals surface area contributed by atoms with Crippen molar-refractivity contribution in [3.05, 3.63) is 48.0 Å². The number of para-hydroxylation sites is 2. The van der Waals surface area contributed by atoms with E-state index < -0.39 is 0 Å². The maximum absolute atomic E-state index is 12.5. The van der Waals surface area contributed by atoms with Crippen molar-refractivity contribution in [1.82, 2.24) is 0 Å². The van der Waals surface area contributed by atoms with E-state index in [2.05, 4.69) is 5.32 Å². The summed E-state index contributed by atoms with van der Waals surface area (Å²) in [7, 11) is 3.21. The average molecular weight is 368 g/mol. The Morgan fingerprint density at radius 3 is 2.67 bits per heavy atom. The molecule has 142 valence electrons. The van der Waals surface area contributed by atoms with Gasteiger partial charge in [0.15, 0.2) is 0 Å². The fraction of sp³-hybridized carbons (Fsp3) is 0.333. The third-order valence-corrected chi connectivity index (χ3v) is 4.65. The van der Waals surface area contributed by atoms with Crippen LogP contribution >= 0.6 is 0 Å². The van der Waals surface area contributed by atoms with Gasteiger partial charge in [-0.1, -0.05) is 12.1 Å². The van der Waals surface area contributed by atoms with Crippen LogP contribution in [0.3, 0.4) is 0 Å². The number of benzene rings is 2. The van der Waals surface area contributed by atoms with E-state index in [-0.39, 0.29) is 11.8 Å². The number of hydrogen-bond donors (Lipinski definition) is 1. The summed E-state index contributed by atoms with van der Waals surface area (Å²) in [6.45, 7) is 0.687. The van der Waals surface area contributed by atoms with Crippen molar-refractivity contribution in [1.29, 1.82) is 0 Å². The third-order valence-electron chi connectivity index (χ3n) is 4.65. The summed E-state index contributed by atoms with van der Waals surface area (Å²) in [5.74, 6) is 1.44. The van der Waals surface area contributed by atoms with Crippen molar-refractivity contribution in [2.45, 2.75) is 25.7 Å². The lowest BCUT2D eigenvalue weighted by Crippen LogP contribution is -2.25. The first kappa shape index (κ1) is 18.8. The molecule has 0 bridgehead atoms. The second-order valence-electron chi connectivity index (χ2n) is 6.39. The minimum atomic E-state index is -0.112. The van der Waals surface area contributed by atoms with Crippen LogP contribution in [-0.2, 0) is 16.0 Å². The van der Waals surface area contributed by atoms with E-state index in [1.54, 1.807) is 19.1 Å². The normalized spacial score (nSPS) is 13.6. The molecule has 1 N–H and O–H groups in total. The van der Waals surface area contributed by atoms with Gasteiger partial charge in [-0.25, -0.2) is 0 Å². The third kappa shape index (κ3) is 4.39. The summed E-state index contributed by atoms with van der Waals surface area (Å²) in [5, 5.41) is 2.94. The molecule has 2 aromatic rings. The Morgan fingerprint density at radius 2 is 1.96 bits per heavy atom. The number of anilines is 2. The van der Waals surface area contributed by atoms with Crippen LogP contribution < -0.4 is 19.7 Å². The van der Waals surface area contributed by atoms with Gasteiger partial charge >= 0.3 is 0 Å². The van der Waals surface area contributed by atoms with E-state index >= 15 is 0 Å². The number of amides is 2. The predicted molar refractivity (Wildman–Crippen MR) is 105 cm³/mol. The highest BCUT2D eigenvalue weighted by molar-refractivity contribution is 6.02. The zero-order valence-electron chi connectivity index (χ0n) is 15.7. The highest BCUT2D eigenvalue weighted by atomic mass is 16.5. The van der Waals surface area contributed by atoms with Gasteiger partial charge in [0, 0.05) is 19.4 Å². The number of hydrogen-bond acceptors (Lipinski definition) is 4. The highest BCUT2D eigenvalue weighted by Gasteiger charge is 2.24. The number of carbonyl (C=O) groups is 2. The Hall–Kier alpha value is -3.02.